The van der Waals surface area contributed by atoms with E-state index in [1.807, 2.05) is 7.05 Å². The van der Waals surface area contributed by atoms with Crippen molar-refractivity contribution in [1.82, 2.24) is 15.3 Å². The molecule has 3 nitrogen and oxygen atoms in total. The third-order valence-electron chi connectivity index (χ3n) is 3.30. The number of aromatic amines is 1. The smallest absolute Gasteiger partial charge is 0.124 e. The van der Waals surface area contributed by atoms with Crippen LogP contribution in [0.4, 0.5) is 0 Å². The van der Waals surface area contributed by atoms with E-state index in [0.717, 1.165) is 21.3 Å². The normalized spacial score (nSPS) is 13.3. The zero-order valence-corrected chi connectivity index (χ0v) is 11.9. The summed E-state index contributed by atoms with van der Waals surface area (Å²) in [7, 11) is 1.94. The van der Waals surface area contributed by atoms with Gasteiger partial charge in [0, 0.05) is 9.86 Å². The molecule has 3 aromatic rings. The highest BCUT2D eigenvalue weighted by Gasteiger charge is 2.10. The molecule has 1 aromatic heterocycles. The van der Waals surface area contributed by atoms with E-state index in [1.165, 1.54) is 10.8 Å². The molecule has 0 radical (unpaired) electrons. The Morgan fingerprint density at radius 2 is 2.11 bits per heavy atom. The van der Waals surface area contributed by atoms with Gasteiger partial charge in [0.25, 0.3) is 0 Å². The van der Waals surface area contributed by atoms with Crippen LogP contribution in [-0.2, 0) is 0 Å². The van der Waals surface area contributed by atoms with Crippen molar-refractivity contribution in [1.29, 1.82) is 0 Å². The molecule has 92 valence electrons. The zero-order valence-electron chi connectivity index (χ0n) is 10.3. The maximum Gasteiger partial charge on any atom is 0.124 e. The van der Waals surface area contributed by atoms with Gasteiger partial charge in [-0.15, -0.1) is 0 Å². The van der Waals surface area contributed by atoms with Gasteiger partial charge in [0.1, 0.15) is 5.82 Å². The molecule has 0 aliphatic rings. The van der Waals surface area contributed by atoms with Crippen LogP contribution in [0.3, 0.4) is 0 Å². The predicted molar refractivity (Wildman–Crippen MR) is 78.8 cm³/mol. The number of fused-ring (bicyclic) bond motifs is 3. The number of imidazole rings is 1. The van der Waals surface area contributed by atoms with Gasteiger partial charge in [-0.1, -0.05) is 28.1 Å². The predicted octanol–water partition coefficient (Wildman–Crippen LogP) is 3.76. The monoisotopic (exact) mass is 303 g/mol. The second-order valence-corrected chi connectivity index (χ2v) is 5.37. The number of H-pyrrole nitrogens is 1. The van der Waals surface area contributed by atoms with Crippen LogP contribution in [0.2, 0.25) is 0 Å². The summed E-state index contributed by atoms with van der Waals surface area (Å²) in [5.41, 5.74) is 2.12. The highest BCUT2D eigenvalue weighted by molar-refractivity contribution is 9.10. The van der Waals surface area contributed by atoms with Crippen LogP contribution in [0.25, 0.3) is 21.8 Å². The van der Waals surface area contributed by atoms with Crippen LogP contribution in [0.5, 0.6) is 0 Å². The molecule has 3 rings (SSSR count). The number of halogens is 1. The Morgan fingerprint density at radius 3 is 2.89 bits per heavy atom. The lowest BCUT2D eigenvalue weighted by Crippen LogP contribution is -2.13. The topological polar surface area (TPSA) is 40.7 Å². The van der Waals surface area contributed by atoms with Gasteiger partial charge in [-0.3, -0.25) is 0 Å². The molecule has 0 saturated heterocycles. The maximum atomic E-state index is 4.63. The number of hydrogen-bond acceptors (Lipinski definition) is 2. The lowest BCUT2D eigenvalue weighted by Gasteiger charge is -2.04. The van der Waals surface area contributed by atoms with E-state index in [-0.39, 0.29) is 6.04 Å². The fourth-order valence-electron chi connectivity index (χ4n) is 2.14. The molecule has 1 heterocycles. The van der Waals surface area contributed by atoms with Crippen molar-refractivity contribution >= 4 is 37.7 Å². The van der Waals surface area contributed by atoms with E-state index in [1.54, 1.807) is 0 Å². The summed E-state index contributed by atoms with van der Waals surface area (Å²) in [4.78, 5) is 8.05. The lowest BCUT2D eigenvalue weighted by atomic mass is 10.1. The highest BCUT2D eigenvalue weighted by atomic mass is 79.9. The van der Waals surface area contributed by atoms with Crippen LogP contribution in [0.1, 0.15) is 18.8 Å². The van der Waals surface area contributed by atoms with Gasteiger partial charge < -0.3 is 10.3 Å². The van der Waals surface area contributed by atoms with Crippen LogP contribution in [-0.4, -0.2) is 17.0 Å². The number of nitrogens with zero attached hydrogens (tertiary/aromatic N) is 1. The van der Waals surface area contributed by atoms with Crippen LogP contribution in [0.15, 0.2) is 34.8 Å². The van der Waals surface area contributed by atoms with Crippen LogP contribution < -0.4 is 5.32 Å². The summed E-state index contributed by atoms with van der Waals surface area (Å²) in [6, 6.07) is 10.7. The van der Waals surface area contributed by atoms with Gasteiger partial charge in [-0.05, 0) is 37.6 Å². The van der Waals surface area contributed by atoms with Crippen molar-refractivity contribution in [2.45, 2.75) is 13.0 Å². The number of hydrogen-bond donors (Lipinski definition) is 2. The summed E-state index contributed by atoms with van der Waals surface area (Å²) in [6.07, 6.45) is 0. The molecule has 0 aliphatic carbocycles. The van der Waals surface area contributed by atoms with Crippen LogP contribution >= 0.6 is 15.9 Å². The Bertz CT molecular complexity index is 717. The molecule has 0 unspecified atom stereocenters. The molecule has 2 aromatic carbocycles. The van der Waals surface area contributed by atoms with Gasteiger partial charge in [0.05, 0.1) is 17.1 Å². The third kappa shape index (κ3) is 1.82. The Balaban J connectivity index is 2.30. The van der Waals surface area contributed by atoms with E-state index in [4.69, 9.17) is 0 Å². The quantitative estimate of drug-likeness (QED) is 0.757. The van der Waals surface area contributed by atoms with E-state index in [0.29, 0.717) is 0 Å². The molecule has 0 saturated carbocycles. The van der Waals surface area contributed by atoms with E-state index >= 15 is 0 Å². The lowest BCUT2D eigenvalue weighted by molar-refractivity contribution is 0.620. The van der Waals surface area contributed by atoms with Crippen molar-refractivity contribution in [3.05, 3.63) is 40.6 Å². The van der Waals surface area contributed by atoms with Gasteiger partial charge in [-0.25, -0.2) is 4.98 Å². The Hall–Kier alpha value is -1.39. The molecule has 0 spiro atoms. The fourth-order valence-corrected chi connectivity index (χ4v) is 2.52. The molecular weight excluding hydrogens is 290 g/mol. The van der Waals surface area contributed by atoms with Crippen LogP contribution in [0, 0.1) is 0 Å². The Kier molecular flexibility index (Phi) is 2.84. The average molecular weight is 304 g/mol. The van der Waals surface area contributed by atoms with Crippen molar-refractivity contribution in [3.8, 4) is 0 Å². The number of benzene rings is 2. The van der Waals surface area contributed by atoms with Crippen molar-refractivity contribution < 1.29 is 0 Å². The van der Waals surface area contributed by atoms with E-state index in [2.05, 4.69) is 68.5 Å². The number of aromatic nitrogens is 2. The average Bonchev–Trinajstić information content (AvgIpc) is 2.81. The van der Waals surface area contributed by atoms with E-state index < -0.39 is 0 Å². The first-order valence-corrected chi connectivity index (χ1v) is 6.73. The highest BCUT2D eigenvalue weighted by Crippen LogP contribution is 2.27. The molecule has 18 heavy (non-hydrogen) atoms. The largest absolute Gasteiger partial charge is 0.340 e. The van der Waals surface area contributed by atoms with Gasteiger partial charge in [0.2, 0.25) is 0 Å². The molecule has 2 N–H and O–H groups in total. The zero-order chi connectivity index (χ0) is 12.7. The van der Waals surface area contributed by atoms with Crippen molar-refractivity contribution in [2.75, 3.05) is 7.05 Å². The van der Waals surface area contributed by atoms with Crippen molar-refractivity contribution in [3.63, 3.8) is 0 Å². The van der Waals surface area contributed by atoms with Gasteiger partial charge in [0.15, 0.2) is 0 Å². The molecule has 0 amide bonds. The second-order valence-electron chi connectivity index (χ2n) is 4.46. The van der Waals surface area contributed by atoms with Gasteiger partial charge in [-0.2, -0.15) is 0 Å². The number of nitrogens with one attached hydrogen (secondary N) is 2. The van der Waals surface area contributed by atoms with Crippen molar-refractivity contribution in [2.24, 2.45) is 0 Å². The minimum atomic E-state index is 0.225. The maximum absolute atomic E-state index is 4.63. The minimum Gasteiger partial charge on any atom is -0.340 e. The van der Waals surface area contributed by atoms with E-state index in [9.17, 15) is 0 Å². The molecule has 4 heteroatoms. The third-order valence-corrected chi connectivity index (χ3v) is 3.79. The molecule has 0 bridgehead atoms. The number of rotatable bonds is 2. The molecular formula is C14H14BrN3. The first-order chi connectivity index (χ1) is 8.69. The molecule has 0 fully saturated rings. The first-order valence-electron chi connectivity index (χ1n) is 5.94. The molecule has 0 aliphatic heterocycles. The SMILES string of the molecule is CN[C@@H](C)c1nc2ccc3cc(Br)ccc3c2[nH]1. The Morgan fingerprint density at radius 1 is 1.28 bits per heavy atom. The summed E-state index contributed by atoms with van der Waals surface area (Å²) >= 11 is 3.50. The summed E-state index contributed by atoms with van der Waals surface area (Å²) < 4.78 is 1.10. The Labute approximate surface area is 114 Å². The summed E-state index contributed by atoms with van der Waals surface area (Å²) in [6.45, 7) is 2.09. The molecule has 1 atom stereocenters. The van der Waals surface area contributed by atoms with Gasteiger partial charge >= 0.3 is 0 Å². The first kappa shape index (κ1) is 11.7. The summed E-state index contributed by atoms with van der Waals surface area (Å²) in [5.74, 6) is 0.975. The minimum absolute atomic E-state index is 0.225. The summed E-state index contributed by atoms with van der Waals surface area (Å²) in [5, 5.41) is 5.62. The second kappa shape index (κ2) is 4.37. The fraction of sp³-hybridized carbons (Fsp3) is 0.214. The standard InChI is InChI=1S/C14H14BrN3/c1-8(16-2)14-17-12-6-3-9-7-10(15)4-5-11(9)13(12)18-14/h3-8,16H,1-2H3,(H,17,18)/t8-/m0/s1.